The smallest absolute Gasteiger partial charge is 0.134 e. The van der Waals surface area contributed by atoms with Crippen molar-refractivity contribution in [2.24, 2.45) is 0 Å². The minimum atomic E-state index is -0.447. The minimum absolute atomic E-state index is 0.124. The first kappa shape index (κ1) is 20.8. The molecule has 7 nitrogen and oxygen atoms in total. The van der Waals surface area contributed by atoms with Crippen LogP contribution in [0.25, 0.3) is 22.3 Å². The summed E-state index contributed by atoms with van der Waals surface area (Å²) in [6, 6.07) is 6.48. The zero-order valence-electron chi connectivity index (χ0n) is 17.8. The second-order valence-electron chi connectivity index (χ2n) is 7.77. The van der Waals surface area contributed by atoms with Gasteiger partial charge in [0, 0.05) is 54.2 Å². The Hall–Kier alpha value is -3.10. The van der Waals surface area contributed by atoms with Crippen LogP contribution in [0.15, 0.2) is 42.9 Å². The molecule has 1 saturated heterocycles. The van der Waals surface area contributed by atoms with Crippen LogP contribution in [0.5, 0.6) is 0 Å². The molecule has 0 bridgehead atoms. The second kappa shape index (κ2) is 8.44. The van der Waals surface area contributed by atoms with Gasteiger partial charge in [-0.1, -0.05) is 11.6 Å². The minimum Gasteiger partial charge on any atom is -0.370 e. The Morgan fingerprint density at radius 3 is 2.88 bits per heavy atom. The number of anilines is 1. The van der Waals surface area contributed by atoms with Crippen molar-refractivity contribution in [3.63, 3.8) is 0 Å². The molecule has 3 aromatic heterocycles. The molecule has 1 fully saturated rings. The lowest BCUT2D eigenvalue weighted by Crippen LogP contribution is -2.38. The Morgan fingerprint density at radius 2 is 2.09 bits per heavy atom. The van der Waals surface area contributed by atoms with Crippen LogP contribution in [0.4, 0.5) is 10.2 Å². The number of aryl methyl sites for hydroxylation is 2. The van der Waals surface area contributed by atoms with Gasteiger partial charge in [0.15, 0.2) is 0 Å². The average molecular weight is 453 g/mol. The largest absolute Gasteiger partial charge is 0.370 e. The van der Waals surface area contributed by atoms with Crippen molar-refractivity contribution in [2.45, 2.75) is 26.5 Å². The van der Waals surface area contributed by atoms with Gasteiger partial charge >= 0.3 is 0 Å². The molecule has 0 radical (unpaired) electrons. The molecule has 0 spiro atoms. The maximum absolute atomic E-state index is 14.8. The van der Waals surface area contributed by atoms with Crippen LogP contribution >= 0.6 is 11.6 Å². The number of pyridine rings is 1. The Morgan fingerprint density at radius 1 is 1.22 bits per heavy atom. The number of fused-ring (bicyclic) bond motifs is 1. The van der Waals surface area contributed by atoms with Crippen molar-refractivity contribution in [3.05, 3.63) is 65.0 Å². The number of halogens is 2. The third-order valence-corrected chi connectivity index (χ3v) is 5.80. The molecule has 1 aromatic carbocycles. The molecule has 0 amide bonds. The summed E-state index contributed by atoms with van der Waals surface area (Å²) in [5.41, 5.74) is 3.81. The van der Waals surface area contributed by atoms with E-state index in [-0.39, 0.29) is 6.10 Å². The molecule has 164 valence electrons. The summed E-state index contributed by atoms with van der Waals surface area (Å²) >= 11 is 5.97. The fourth-order valence-corrected chi connectivity index (χ4v) is 4.07. The van der Waals surface area contributed by atoms with E-state index >= 15 is 0 Å². The third-order valence-electron chi connectivity index (χ3n) is 5.56. The molecule has 0 N–H and O–H groups in total. The summed E-state index contributed by atoms with van der Waals surface area (Å²) in [6.45, 7) is 6.55. The summed E-state index contributed by atoms with van der Waals surface area (Å²) in [6.07, 6.45) is 5.39. The highest BCUT2D eigenvalue weighted by atomic mass is 35.5. The number of hydrogen-bond acceptors (Lipinski definition) is 6. The number of hydrogen-bond donors (Lipinski definition) is 0. The van der Waals surface area contributed by atoms with Gasteiger partial charge in [-0.3, -0.25) is 9.67 Å². The first-order valence-electron chi connectivity index (χ1n) is 10.5. The van der Waals surface area contributed by atoms with Crippen LogP contribution in [0.3, 0.4) is 0 Å². The lowest BCUT2D eigenvalue weighted by Gasteiger charge is -2.33. The van der Waals surface area contributed by atoms with E-state index in [1.807, 2.05) is 37.0 Å². The van der Waals surface area contributed by atoms with Crippen molar-refractivity contribution in [1.29, 1.82) is 0 Å². The number of ether oxygens (including phenoxy) is 1. The molecule has 4 aromatic rings. The molecule has 0 aliphatic carbocycles. The summed E-state index contributed by atoms with van der Waals surface area (Å²) in [5.74, 6) is 0.260. The highest BCUT2D eigenvalue weighted by molar-refractivity contribution is 6.30. The second-order valence-corrected chi connectivity index (χ2v) is 8.20. The number of morpholine rings is 1. The fraction of sp³-hybridized carbons (Fsp3) is 0.304. The van der Waals surface area contributed by atoms with Crippen molar-refractivity contribution >= 4 is 28.5 Å². The number of nitrogens with zero attached hydrogens (tertiary/aromatic N) is 6. The molecule has 1 atom stereocenters. The maximum Gasteiger partial charge on any atom is 0.134 e. The Labute approximate surface area is 189 Å². The summed E-state index contributed by atoms with van der Waals surface area (Å²) in [7, 11) is 0. The maximum atomic E-state index is 14.8. The van der Waals surface area contributed by atoms with E-state index in [1.54, 1.807) is 18.3 Å². The van der Waals surface area contributed by atoms with Crippen molar-refractivity contribution in [2.75, 3.05) is 24.6 Å². The molecular formula is C23H22ClFN6O. The van der Waals surface area contributed by atoms with Gasteiger partial charge in [0.1, 0.15) is 28.9 Å². The van der Waals surface area contributed by atoms with Gasteiger partial charge < -0.3 is 9.64 Å². The summed E-state index contributed by atoms with van der Waals surface area (Å²) in [5, 5.41) is 4.69. The van der Waals surface area contributed by atoms with Gasteiger partial charge in [0.05, 0.1) is 24.0 Å². The van der Waals surface area contributed by atoms with Gasteiger partial charge in [-0.2, -0.15) is 5.10 Å². The van der Waals surface area contributed by atoms with E-state index in [1.165, 1.54) is 6.07 Å². The van der Waals surface area contributed by atoms with Crippen LogP contribution < -0.4 is 4.90 Å². The van der Waals surface area contributed by atoms with E-state index in [9.17, 15) is 4.39 Å². The summed E-state index contributed by atoms with van der Waals surface area (Å²) < 4.78 is 22.7. The molecular weight excluding hydrogens is 431 g/mol. The lowest BCUT2D eigenvalue weighted by atomic mass is 10.1. The molecule has 1 unspecified atom stereocenters. The van der Waals surface area contributed by atoms with Gasteiger partial charge in [0.2, 0.25) is 0 Å². The number of benzene rings is 1. The fourth-order valence-electron chi connectivity index (χ4n) is 3.91. The Balaban J connectivity index is 1.57. The van der Waals surface area contributed by atoms with Crippen LogP contribution in [0.1, 0.15) is 24.3 Å². The normalized spacial score (nSPS) is 16.6. The highest BCUT2D eigenvalue weighted by Gasteiger charge is 2.26. The molecule has 32 heavy (non-hydrogen) atoms. The van der Waals surface area contributed by atoms with E-state index in [4.69, 9.17) is 21.3 Å². The SMILES string of the molecule is CCn1cc(C2CN(c3cc4nc(C)cnc4c(-c4ccc(Cl)cc4F)n3)CCO2)cn1. The lowest BCUT2D eigenvalue weighted by molar-refractivity contribution is 0.0395. The van der Waals surface area contributed by atoms with E-state index < -0.39 is 5.82 Å². The van der Waals surface area contributed by atoms with E-state index in [0.29, 0.717) is 52.8 Å². The molecule has 1 aliphatic heterocycles. The van der Waals surface area contributed by atoms with E-state index in [2.05, 4.69) is 20.0 Å². The van der Waals surface area contributed by atoms with Crippen LogP contribution in [-0.2, 0) is 11.3 Å². The van der Waals surface area contributed by atoms with Gasteiger partial charge in [-0.15, -0.1) is 0 Å². The molecule has 0 saturated carbocycles. The van der Waals surface area contributed by atoms with Crippen LogP contribution in [0, 0.1) is 12.7 Å². The van der Waals surface area contributed by atoms with Gasteiger partial charge in [-0.25, -0.2) is 14.4 Å². The molecule has 1 aliphatic rings. The monoisotopic (exact) mass is 452 g/mol. The van der Waals surface area contributed by atoms with Gasteiger partial charge in [-0.05, 0) is 32.0 Å². The zero-order chi connectivity index (χ0) is 22.2. The predicted molar refractivity (Wildman–Crippen MR) is 121 cm³/mol. The van der Waals surface area contributed by atoms with Crippen LogP contribution in [-0.4, -0.2) is 44.4 Å². The van der Waals surface area contributed by atoms with Crippen molar-refractivity contribution in [3.8, 4) is 11.3 Å². The Bertz CT molecular complexity index is 1290. The quantitative estimate of drug-likeness (QED) is 0.451. The predicted octanol–water partition coefficient (Wildman–Crippen LogP) is 4.59. The molecule has 5 rings (SSSR count). The summed E-state index contributed by atoms with van der Waals surface area (Å²) in [4.78, 5) is 16.1. The van der Waals surface area contributed by atoms with Crippen molar-refractivity contribution in [1.82, 2.24) is 24.7 Å². The molecule has 9 heteroatoms. The molecule has 4 heterocycles. The Kier molecular flexibility index (Phi) is 5.48. The van der Waals surface area contributed by atoms with E-state index in [0.717, 1.165) is 17.8 Å². The first-order valence-corrected chi connectivity index (χ1v) is 10.9. The number of aromatic nitrogens is 5. The average Bonchev–Trinajstić information content (AvgIpc) is 3.28. The van der Waals surface area contributed by atoms with Crippen molar-refractivity contribution < 1.29 is 9.13 Å². The number of rotatable bonds is 4. The van der Waals surface area contributed by atoms with Crippen LogP contribution in [0.2, 0.25) is 5.02 Å². The highest BCUT2D eigenvalue weighted by Crippen LogP contribution is 2.33. The standard InChI is InChI=1S/C23H22ClFN6O/c1-3-31-12-15(11-27-31)20-13-30(6-7-32-20)21-9-19-23(26-10-14(2)28-19)22(29-21)17-5-4-16(24)8-18(17)25/h4-5,8-12,20H,3,6-7,13H2,1-2H3. The van der Waals surface area contributed by atoms with Gasteiger partial charge in [0.25, 0.3) is 0 Å². The topological polar surface area (TPSA) is 69.0 Å². The first-order chi connectivity index (χ1) is 15.5. The third kappa shape index (κ3) is 3.91. The zero-order valence-corrected chi connectivity index (χ0v) is 18.6.